The third-order valence-corrected chi connectivity index (χ3v) is 18.6. The first-order valence-corrected chi connectivity index (χ1v) is 30.3. The minimum absolute atomic E-state index is 0.0364. The summed E-state index contributed by atoms with van der Waals surface area (Å²) in [6.07, 6.45) is 7.78. The third-order valence-electron chi connectivity index (χ3n) is 17.9. The number of ether oxygens (including phenoxy) is 3. The molecule has 3 aliphatic heterocycles. The topological polar surface area (TPSA) is 133 Å². The molecule has 0 spiro atoms. The van der Waals surface area contributed by atoms with Crippen LogP contribution in [-0.2, 0) is 14.2 Å². The molecular weight excluding hydrogens is 1190 g/mol. The number of halogens is 9. The van der Waals surface area contributed by atoms with Crippen LogP contribution in [-0.4, -0.2) is 119 Å². The summed E-state index contributed by atoms with van der Waals surface area (Å²) in [5.74, 6) is -6.66. The van der Waals surface area contributed by atoms with Gasteiger partial charge in [0.1, 0.15) is 52.3 Å². The van der Waals surface area contributed by atoms with Gasteiger partial charge in [0.05, 0.1) is 51.7 Å². The fraction of sp³-hybridized carbons (Fsp3) is 0.476. The lowest BCUT2D eigenvalue weighted by molar-refractivity contribution is -0.0903. The van der Waals surface area contributed by atoms with Gasteiger partial charge in [-0.25, -0.2) is 61.0 Å². The Morgan fingerprint density at radius 1 is 0.437 bits per heavy atom. The van der Waals surface area contributed by atoms with E-state index in [9.17, 15) is 26.3 Å². The number of nitrogens with zero attached hydrogens (tertiary/aromatic N) is 12. The molecular formula is C63H57Cl3F6N12O3. The van der Waals surface area contributed by atoms with Crippen LogP contribution < -0.4 is 0 Å². The highest BCUT2D eigenvalue weighted by Gasteiger charge is 2.51. The molecule has 3 saturated heterocycles. The maximum absolute atomic E-state index is 13.7. The second kappa shape index (κ2) is 23.6. The Bertz CT molecular complexity index is 3820. The number of fused-ring (bicyclic) bond motifs is 9. The molecule has 6 atom stereocenters. The van der Waals surface area contributed by atoms with Gasteiger partial charge >= 0.3 is 0 Å². The predicted molar refractivity (Wildman–Crippen MR) is 319 cm³/mol. The van der Waals surface area contributed by atoms with Crippen molar-refractivity contribution in [2.45, 2.75) is 149 Å². The van der Waals surface area contributed by atoms with Gasteiger partial charge in [-0.2, -0.15) is 0 Å². The normalized spacial score (nSPS) is 24.5. The van der Waals surface area contributed by atoms with Crippen molar-refractivity contribution in [2.24, 2.45) is 0 Å². The molecule has 15 rings (SSSR count). The van der Waals surface area contributed by atoms with E-state index in [4.69, 9.17) is 83.7 Å². The van der Waals surface area contributed by atoms with E-state index in [1.165, 1.54) is 0 Å². The first-order chi connectivity index (χ1) is 41.8. The lowest BCUT2D eigenvalue weighted by atomic mass is 9.80. The first kappa shape index (κ1) is 59.1. The number of hydrogen-bond donors (Lipinski definition) is 0. The van der Waals surface area contributed by atoms with Crippen LogP contribution in [0.1, 0.15) is 130 Å². The van der Waals surface area contributed by atoms with Gasteiger partial charge < -0.3 is 42.4 Å². The number of benzene rings is 3. The number of pyridine rings is 3. The Kier molecular flexibility index (Phi) is 16.0. The van der Waals surface area contributed by atoms with Gasteiger partial charge in [0.15, 0.2) is 0 Å². The molecule has 6 aliphatic rings. The Morgan fingerprint density at radius 2 is 0.713 bits per heavy atom. The van der Waals surface area contributed by atoms with Crippen molar-refractivity contribution in [2.75, 3.05) is 39.5 Å². The smallest absolute Gasteiger partial charge is 0.249 e. The second-order valence-corrected chi connectivity index (χ2v) is 25.2. The van der Waals surface area contributed by atoms with Crippen molar-refractivity contribution in [1.29, 1.82) is 0 Å². The number of rotatable bonds is 9. The summed E-state index contributed by atoms with van der Waals surface area (Å²) in [7, 11) is 0. The van der Waals surface area contributed by atoms with Gasteiger partial charge in [-0.05, 0) is 73.9 Å². The first-order valence-electron chi connectivity index (χ1n) is 29.2. The lowest BCUT2D eigenvalue weighted by Gasteiger charge is -2.37. The summed E-state index contributed by atoms with van der Waals surface area (Å²) in [5, 5.41) is 4.38. The van der Waals surface area contributed by atoms with E-state index >= 15 is 0 Å². The van der Waals surface area contributed by atoms with Gasteiger partial charge in [-0.3, -0.25) is 15.0 Å². The fourth-order valence-electron chi connectivity index (χ4n) is 13.8. The number of aromatic nitrogens is 9. The molecule has 0 radical (unpaired) electrons. The van der Waals surface area contributed by atoms with Crippen LogP contribution in [0.2, 0.25) is 15.1 Å². The zero-order valence-electron chi connectivity index (χ0n) is 46.8. The molecule has 6 fully saturated rings. The van der Waals surface area contributed by atoms with Crippen molar-refractivity contribution in [3.8, 4) is 0 Å². The number of hydrogen-bond acceptors (Lipinski definition) is 9. The molecule has 87 heavy (non-hydrogen) atoms. The highest BCUT2D eigenvalue weighted by molar-refractivity contribution is 6.32. The number of alkyl halides is 6. The molecule has 24 heteroatoms. The summed E-state index contributed by atoms with van der Waals surface area (Å²) in [6, 6.07) is 16.6. The Hall–Kier alpha value is -6.90. The van der Waals surface area contributed by atoms with E-state index in [-0.39, 0.29) is 92.7 Å². The molecule has 9 heterocycles. The van der Waals surface area contributed by atoms with E-state index in [0.717, 1.165) is 68.5 Å². The third kappa shape index (κ3) is 11.7. The molecule has 3 saturated carbocycles. The molecule has 3 aromatic carbocycles. The van der Waals surface area contributed by atoms with E-state index in [0.29, 0.717) is 108 Å². The zero-order valence-corrected chi connectivity index (χ0v) is 49.1. The average molecular weight is 1250 g/mol. The minimum atomic E-state index is -2.63. The van der Waals surface area contributed by atoms with Crippen LogP contribution in [0.4, 0.5) is 26.3 Å². The molecule has 0 N–H and O–H groups in total. The lowest BCUT2D eigenvalue weighted by Crippen LogP contribution is -2.37. The van der Waals surface area contributed by atoms with E-state index in [1.807, 2.05) is 36.4 Å². The highest BCUT2D eigenvalue weighted by Crippen LogP contribution is 2.53. The Balaban J connectivity index is 0.000000121. The molecule has 9 aromatic rings. The van der Waals surface area contributed by atoms with Gasteiger partial charge in [-0.1, -0.05) is 34.8 Å². The van der Waals surface area contributed by atoms with Crippen molar-refractivity contribution >= 4 is 101 Å². The number of imidazole rings is 3. The molecule has 3 aliphatic carbocycles. The predicted octanol–water partition coefficient (Wildman–Crippen LogP) is 16.2. The van der Waals surface area contributed by atoms with Gasteiger partial charge in [0.2, 0.25) is 37.4 Å². The summed E-state index contributed by atoms with van der Waals surface area (Å²) >= 11 is 18.8. The minimum Gasteiger partial charge on any atom is -0.370 e. The van der Waals surface area contributed by atoms with Gasteiger partial charge in [0.25, 0.3) is 0 Å². The van der Waals surface area contributed by atoms with Crippen LogP contribution >= 0.6 is 34.8 Å². The average Bonchev–Trinajstić information content (AvgIpc) is 2.01. The quantitative estimate of drug-likeness (QED) is 0.102. The van der Waals surface area contributed by atoms with Crippen LogP contribution in [0.5, 0.6) is 0 Å². The maximum atomic E-state index is 13.7. The zero-order chi connectivity index (χ0) is 60.5. The molecule has 4 unspecified atom stereocenters. The molecule has 450 valence electrons. The molecule has 15 nitrogen and oxygen atoms in total. The summed E-state index contributed by atoms with van der Waals surface area (Å²) in [4.78, 5) is 38.1. The fourth-order valence-corrected chi connectivity index (χ4v) is 14.3. The molecule has 6 aromatic heterocycles. The van der Waals surface area contributed by atoms with E-state index in [1.54, 1.807) is 36.8 Å². The van der Waals surface area contributed by atoms with E-state index in [2.05, 4.69) is 43.2 Å². The summed E-state index contributed by atoms with van der Waals surface area (Å²) < 4.78 is 105. The Labute approximate surface area is 510 Å². The summed E-state index contributed by atoms with van der Waals surface area (Å²) in [6.45, 7) is 24.0. The second-order valence-electron chi connectivity index (χ2n) is 23.9. The maximum Gasteiger partial charge on any atom is 0.249 e. The van der Waals surface area contributed by atoms with E-state index < -0.39 is 17.8 Å². The molecule has 0 bridgehead atoms. The largest absolute Gasteiger partial charge is 0.370 e. The van der Waals surface area contributed by atoms with Crippen LogP contribution in [0.3, 0.4) is 0 Å². The van der Waals surface area contributed by atoms with Gasteiger partial charge in [0, 0.05) is 145 Å². The Morgan fingerprint density at radius 3 is 0.966 bits per heavy atom. The van der Waals surface area contributed by atoms with Gasteiger partial charge in [-0.15, -0.1) is 0 Å². The van der Waals surface area contributed by atoms with Crippen LogP contribution in [0, 0.1) is 19.7 Å². The standard InChI is InChI=1S/3C21H19ClF2N4O/c3*1-25-10-15-7-14(4-5-29-15)28-19-16-6-13(22)2-3-17(16)26-11-18(19)27-20(28)12-8-21(23,24)9-12/h3*2-3,6,11-12,14-15H,4-5,7-10H2/t14-,15+;;/m1../s1. The van der Waals surface area contributed by atoms with Crippen molar-refractivity contribution < 1.29 is 40.6 Å². The van der Waals surface area contributed by atoms with Crippen LogP contribution in [0.15, 0.2) is 73.2 Å². The summed E-state index contributed by atoms with van der Waals surface area (Å²) in [5.41, 5.74) is 7.10. The highest BCUT2D eigenvalue weighted by atomic mass is 35.5. The molecule has 0 amide bonds. The monoisotopic (exact) mass is 1250 g/mol. The van der Waals surface area contributed by atoms with Crippen molar-refractivity contribution in [3.63, 3.8) is 0 Å². The van der Waals surface area contributed by atoms with Crippen molar-refractivity contribution in [3.05, 3.63) is 140 Å². The van der Waals surface area contributed by atoms with Crippen molar-refractivity contribution in [1.82, 2.24) is 43.6 Å². The van der Waals surface area contributed by atoms with Crippen LogP contribution in [0.25, 0.3) is 80.3 Å². The SMILES string of the molecule is [C-]#[N+]CC1CC(n2c(C3CC(F)(F)C3)nc3cnc4ccc(Cl)cc4c32)CCO1.[C-]#[N+]CC1CC(n2c(C3CC(F)(F)C3)nc3cnc4ccc(Cl)cc4c32)CCO1.[C-]#[N+]C[C@@H]1C[C@H](n2c(C3CC(F)(F)C3)nc3cnc4ccc(Cl)cc4c32)CCO1.